The average Bonchev–Trinajstić information content (AvgIpc) is 2.27. The van der Waals surface area contributed by atoms with E-state index in [0.717, 1.165) is 0 Å². The van der Waals surface area contributed by atoms with Crippen molar-refractivity contribution < 1.29 is 14.9 Å². The lowest BCUT2D eigenvalue weighted by molar-refractivity contribution is 0.133. The van der Waals surface area contributed by atoms with Crippen LogP contribution in [0.25, 0.3) is 0 Å². The summed E-state index contributed by atoms with van der Waals surface area (Å²) in [5, 5.41) is 19.8. The molecule has 0 saturated carbocycles. The molecule has 0 heterocycles. The lowest BCUT2D eigenvalue weighted by Gasteiger charge is -2.29. The maximum atomic E-state index is 10.1. The van der Waals surface area contributed by atoms with E-state index in [2.05, 4.69) is 0 Å². The molecule has 0 radical (unpaired) electrons. The van der Waals surface area contributed by atoms with Crippen LogP contribution in [0.4, 0.5) is 0 Å². The number of aromatic hydroxyl groups is 1. The number of hydrogen-bond acceptors (Lipinski definition) is 4. The number of aliphatic hydroxyl groups is 1. The van der Waals surface area contributed by atoms with Crippen LogP contribution in [0.15, 0.2) is 18.2 Å². The van der Waals surface area contributed by atoms with E-state index in [1.807, 2.05) is 20.8 Å². The average molecular weight is 253 g/mol. The number of aliphatic hydroxyl groups excluding tert-OH is 1. The first-order valence-corrected chi connectivity index (χ1v) is 6.06. The third-order valence-electron chi connectivity index (χ3n) is 3.18. The molecular formula is C14H23NO3. The molecule has 2 atom stereocenters. The SMILES string of the molecule is COc1ccc([C@@H](O)C[C@@H](N)C(C)(C)C)cc1O. The number of hydrogen-bond donors (Lipinski definition) is 3. The van der Waals surface area contributed by atoms with E-state index < -0.39 is 6.10 Å². The summed E-state index contributed by atoms with van der Waals surface area (Å²) in [5.41, 5.74) is 6.62. The second kappa shape index (κ2) is 5.59. The smallest absolute Gasteiger partial charge is 0.160 e. The van der Waals surface area contributed by atoms with Crippen LogP contribution in [-0.2, 0) is 0 Å². The summed E-state index contributed by atoms with van der Waals surface area (Å²) in [5.74, 6) is 0.421. The van der Waals surface area contributed by atoms with Gasteiger partial charge in [0.25, 0.3) is 0 Å². The number of phenols is 1. The van der Waals surface area contributed by atoms with Gasteiger partial charge in [-0.05, 0) is 29.5 Å². The predicted molar refractivity (Wildman–Crippen MR) is 71.7 cm³/mol. The molecule has 1 aromatic carbocycles. The Bertz CT molecular complexity index is 399. The minimum absolute atomic E-state index is 0.0263. The summed E-state index contributed by atoms with van der Waals surface area (Å²) in [7, 11) is 1.49. The number of benzene rings is 1. The number of ether oxygens (including phenoxy) is 1. The summed E-state index contributed by atoms with van der Waals surface area (Å²) >= 11 is 0. The summed E-state index contributed by atoms with van der Waals surface area (Å²) < 4.78 is 4.96. The highest BCUT2D eigenvalue weighted by Crippen LogP contribution is 2.32. The van der Waals surface area contributed by atoms with Crippen LogP contribution in [0.5, 0.6) is 11.5 Å². The van der Waals surface area contributed by atoms with E-state index >= 15 is 0 Å². The molecule has 102 valence electrons. The monoisotopic (exact) mass is 253 g/mol. The van der Waals surface area contributed by atoms with Gasteiger partial charge in [0.2, 0.25) is 0 Å². The Morgan fingerprint density at radius 2 is 1.94 bits per heavy atom. The highest BCUT2D eigenvalue weighted by molar-refractivity contribution is 5.42. The fraction of sp³-hybridized carbons (Fsp3) is 0.571. The zero-order valence-corrected chi connectivity index (χ0v) is 11.5. The molecule has 0 fully saturated rings. The van der Waals surface area contributed by atoms with Gasteiger partial charge in [-0.2, -0.15) is 0 Å². The first-order chi connectivity index (χ1) is 8.25. The van der Waals surface area contributed by atoms with Crippen molar-refractivity contribution in [2.24, 2.45) is 11.1 Å². The number of phenolic OH excluding ortho intramolecular Hbond substituents is 1. The molecule has 0 saturated heterocycles. The van der Waals surface area contributed by atoms with Crippen molar-refractivity contribution >= 4 is 0 Å². The van der Waals surface area contributed by atoms with Gasteiger partial charge < -0.3 is 20.7 Å². The molecule has 18 heavy (non-hydrogen) atoms. The zero-order chi connectivity index (χ0) is 13.9. The molecule has 0 aromatic heterocycles. The fourth-order valence-corrected chi connectivity index (χ4v) is 1.64. The fourth-order valence-electron chi connectivity index (χ4n) is 1.64. The van der Waals surface area contributed by atoms with Gasteiger partial charge >= 0.3 is 0 Å². The van der Waals surface area contributed by atoms with E-state index in [4.69, 9.17) is 10.5 Å². The second-order valence-electron chi connectivity index (χ2n) is 5.66. The maximum Gasteiger partial charge on any atom is 0.160 e. The molecule has 4 N–H and O–H groups in total. The Balaban J connectivity index is 2.79. The summed E-state index contributed by atoms with van der Waals surface area (Å²) in [6, 6.07) is 4.77. The normalized spacial score (nSPS) is 15.2. The van der Waals surface area contributed by atoms with Gasteiger partial charge in [-0.3, -0.25) is 0 Å². The van der Waals surface area contributed by atoms with Gasteiger partial charge in [-0.25, -0.2) is 0 Å². The lowest BCUT2D eigenvalue weighted by atomic mass is 9.83. The number of rotatable bonds is 4. The minimum Gasteiger partial charge on any atom is -0.504 e. The van der Waals surface area contributed by atoms with E-state index in [9.17, 15) is 10.2 Å². The molecule has 0 aliphatic carbocycles. The van der Waals surface area contributed by atoms with Crippen LogP contribution in [0, 0.1) is 5.41 Å². The van der Waals surface area contributed by atoms with Crippen LogP contribution in [-0.4, -0.2) is 23.4 Å². The first-order valence-electron chi connectivity index (χ1n) is 6.06. The summed E-state index contributed by atoms with van der Waals surface area (Å²) in [6.45, 7) is 6.11. The molecule has 0 unspecified atom stereocenters. The third-order valence-corrected chi connectivity index (χ3v) is 3.18. The standard InChI is InChI=1S/C14H23NO3/c1-14(2,3)13(15)8-10(16)9-5-6-12(18-4)11(17)7-9/h5-7,10,13,16-17H,8,15H2,1-4H3/t10-,13+/m0/s1. The molecule has 1 rings (SSSR count). The maximum absolute atomic E-state index is 10.1. The number of methoxy groups -OCH3 is 1. The third kappa shape index (κ3) is 3.62. The Kier molecular flexibility index (Phi) is 4.59. The van der Waals surface area contributed by atoms with Crippen molar-refractivity contribution in [1.29, 1.82) is 0 Å². The molecule has 0 amide bonds. The van der Waals surface area contributed by atoms with Crippen LogP contribution < -0.4 is 10.5 Å². The Morgan fingerprint density at radius 3 is 2.39 bits per heavy atom. The summed E-state index contributed by atoms with van der Waals surface area (Å²) in [4.78, 5) is 0. The van der Waals surface area contributed by atoms with Gasteiger partial charge in [-0.1, -0.05) is 26.8 Å². The molecule has 0 aliphatic rings. The Labute approximate surface area is 108 Å². The van der Waals surface area contributed by atoms with Gasteiger partial charge in [0.15, 0.2) is 11.5 Å². The highest BCUT2D eigenvalue weighted by atomic mass is 16.5. The van der Waals surface area contributed by atoms with Gasteiger partial charge in [0, 0.05) is 6.04 Å². The van der Waals surface area contributed by atoms with Crippen molar-refractivity contribution in [3.63, 3.8) is 0 Å². The van der Waals surface area contributed by atoms with Crippen LogP contribution in [0.1, 0.15) is 38.9 Å². The Morgan fingerprint density at radius 1 is 1.33 bits per heavy atom. The first kappa shape index (κ1) is 14.8. The van der Waals surface area contributed by atoms with Crippen molar-refractivity contribution in [3.8, 4) is 11.5 Å². The van der Waals surface area contributed by atoms with Gasteiger partial charge in [0.1, 0.15) is 0 Å². The van der Waals surface area contributed by atoms with Gasteiger partial charge in [-0.15, -0.1) is 0 Å². The largest absolute Gasteiger partial charge is 0.504 e. The molecule has 0 spiro atoms. The van der Waals surface area contributed by atoms with Crippen molar-refractivity contribution in [2.75, 3.05) is 7.11 Å². The van der Waals surface area contributed by atoms with E-state index in [0.29, 0.717) is 17.7 Å². The summed E-state index contributed by atoms with van der Waals surface area (Å²) in [6.07, 6.45) is -0.231. The van der Waals surface area contributed by atoms with Gasteiger partial charge in [0.05, 0.1) is 13.2 Å². The quantitative estimate of drug-likeness (QED) is 0.769. The van der Waals surface area contributed by atoms with Crippen LogP contribution in [0.2, 0.25) is 0 Å². The van der Waals surface area contributed by atoms with E-state index in [1.165, 1.54) is 13.2 Å². The molecule has 1 aromatic rings. The van der Waals surface area contributed by atoms with Crippen LogP contribution in [0.3, 0.4) is 0 Å². The molecule has 4 nitrogen and oxygen atoms in total. The van der Waals surface area contributed by atoms with Crippen molar-refractivity contribution in [2.45, 2.75) is 39.3 Å². The van der Waals surface area contributed by atoms with Crippen molar-refractivity contribution in [3.05, 3.63) is 23.8 Å². The van der Waals surface area contributed by atoms with Crippen molar-refractivity contribution in [1.82, 2.24) is 0 Å². The topological polar surface area (TPSA) is 75.7 Å². The number of nitrogens with two attached hydrogens (primary N) is 1. The highest BCUT2D eigenvalue weighted by Gasteiger charge is 2.24. The molecular weight excluding hydrogens is 230 g/mol. The van der Waals surface area contributed by atoms with E-state index in [-0.39, 0.29) is 17.2 Å². The lowest BCUT2D eigenvalue weighted by Crippen LogP contribution is -2.36. The van der Waals surface area contributed by atoms with Crippen LogP contribution >= 0.6 is 0 Å². The molecule has 0 bridgehead atoms. The second-order valence-corrected chi connectivity index (χ2v) is 5.66. The Hall–Kier alpha value is -1.26. The minimum atomic E-state index is -0.684. The predicted octanol–water partition coefficient (Wildman–Crippen LogP) is 2.20. The van der Waals surface area contributed by atoms with E-state index in [1.54, 1.807) is 12.1 Å². The zero-order valence-electron chi connectivity index (χ0n) is 11.5. The molecule has 4 heteroatoms. The molecule has 0 aliphatic heterocycles.